The molecule has 1 atom stereocenters. The molecule has 1 rings (SSSR count). The molecule has 2 nitrogen and oxygen atoms in total. The number of halogens is 1. The van der Waals surface area contributed by atoms with Crippen molar-refractivity contribution >= 4 is 17.8 Å². The van der Waals surface area contributed by atoms with Crippen molar-refractivity contribution in [1.82, 2.24) is 0 Å². The number of nitrogens with zero attached hydrogens (tertiary/aromatic N) is 1. The summed E-state index contributed by atoms with van der Waals surface area (Å²) in [6, 6.07) is 0. The molecule has 0 saturated carbocycles. The molecule has 102 valence electrons. The van der Waals surface area contributed by atoms with Crippen molar-refractivity contribution in [2.75, 3.05) is 13.2 Å². The SMILES string of the molecule is C=CCCOC1=CCC(/C=C/C=NC/C=C/Cl)C=C1. The van der Waals surface area contributed by atoms with Crippen LogP contribution >= 0.6 is 11.6 Å². The molecule has 0 bridgehead atoms. The first-order valence-electron chi connectivity index (χ1n) is 6.40. The minimum Gasteiger partial charge on any atom is -0.494 e. The molecule has 1 aliphatic carbocycles. The van der Waals surface area contributed by atoms with E-state index in [9.17, 15) is 0 Å². The maximum atomic E-state index is 5.57. The second-order valence-electron chi connectivity index (χ2n) is 4.05. The van der Waals surface area contributed by atoms with E-state index >= 15 is 0 Å². The Morgan fingerprint density at radius 3 is 3.11 bits per heavy atom. The average molecular weight is 278 g/mol. The first kappa shape index (κ1) is 15.5. The molecule has 19 heavy (non-hydrogen) atoms. The van der Waals surface area contributed by atoms with Crippen molar-refractivity contribution in [2.45, 2.75) is 12.8 Å². The van der Waals surface area contributed by atoms with Crippen LogP contribution in [-0.2, 0) is 4.74 Å². The van der Waals surface area contributed by atoms with Gasteiger partial charge in [0.15, 0.2) is 0 Å². The Balaban J connectivity index is 2.26. The zero-order valence-electron chi connectivity index (χ0n) is 11.0. The van der Waals surface area contributed by atoms with Crippen LogP contribution in [0, 0.1) is 5.92 Å². The first-order valence-corrected chi connectivity index (χ1v) is 6.84. The van der Waals surface area contributed by atoms with E-state index in [4.69, 9.17) is 16.3 Å². The molecule has 1 aliphatic rings. The Morgan fingerprint density at radius 1 is 1.53 bits per heavy atom. The Morgan fingerprint density at radius 2 is 2.42 bits per heavy atom. The molecular weight excluding hydrogens is 258 g/mol. The molecule has 0 aromatic carbocycles. The third-order valence-electron chi connectivity index (χ3n) is 2.54. The molecule has 0 spiro atoms. The number of rotatable bonds is 8. The van der Waals surface area contributed by atoms with Gasteiger partial charge in [-0.1, -0.05) is 35.9 Å². The van der Waals surface area contributed by atoms with Crippen molar-refractivity contribution in [3.05, 3.63) is 60.4 Å². The number of allylic oxidation sites excluding steroid dienone is 5. The van der Waals surface area contributed by atoms with Gasteiger partial charge in [-0.05, 0) is 37.0 Å². The molecule has 0 radical (unpaired) electrons. The van der Waals surface area contributed by atoms with Gasteiger partial charge in [-0.15, -0.1) is 6.58 Å². The van der Waals surface area contributed by atoms with E-state index in [1.54, 1.807) is 12.3 Å². The van der Waals surface area contributed by atoms with E-state index in [0.29, 0.717) is 19.1 Å². The van der Waals surface area contributed by atoms with Gasteiger partial charge in [0.2, 0.25) is 0 Å². The molecule has 0 N–H and O–H groups in total. The summed E-state index contributed by atoms with van der Waals surface area (Å²) < 4.78 is 5.57. The van der Waals surface area contributed by atoms with Crippen LogP contribution in [0.5, 0.6) is 0 Å². The van der Waals surface area contributed by atoms with Gasteiger partial charge in [-0.2, -0.15) is 0 Å². The molecule has 0 amide bonds. The van der Waals surface area contributed by atoms with E-state index < -0.39 is 0 Å². The summed E-state index contributed by atoms with van der Waals surface area (Å²) in [6.07, 6.45) is 17.7. The van der Waals surface area contributed by atoms with Crippen LogP contribution in [0.1, 0.15) is 12.8 Å². The highest BCUT2D eigenvalue weighted by atomic mass is 35.5. The second-order valence-corrected chi connectivity index (χ2v) is 4.30. The molecule has 0 aliphatic heterocycles. The van der Waals surface area contributed by atoms with Crippen molar-refractivity contribution in [1.29, 1.82) is 0 Å². The molecule has 3 heteroatoms. The van der Waals surface area contributed by atoms with Gasteiger partial charge in [0.25, 0.3) is 0 Å². The Labute approximate surface area is 120 Å². The second kappa shape index (κ2) is 10.4. The third-order valence-corrected chi connectivity index (χ3v) is 2.72. The molecule has 0 aromatic rings. The predicted molar refractivity (Wildman–Crippen MR) is 83.6 cm³/mol. The fourth-order valence-corrected chi connectivity index (χ4v) is 1.62. The number of aliphatic imine (C=N–C) groups is 1. The van der Waals surface area contributed by atoms with E-state index in [-0.39, 0.29) is 0 Å². The maximum absolute atomic E-state index is 5.57. The van der Waals surface area contributed by atoms with Crippen LogP contribution in [0.3, 0.4) is 0 Å². The lowest BCUT2D eigenvalue weighted by Gasteiger charge is -2.13. The average Bonchev–Trinajstić information content (AvgIpc) is 2.44. The van der Waals surface area contributed by atoms with Gasteiger partial charge in [-0.3, -0.25) is 4.99 Å². The zero-order chi connectivity index (χ0) is 13.8. The molecule has 1 unspecified atom stereocenters. The fourth-order valence-electron chi connectivity index (χ4n) is 1.54. The fraction of sp³-hybridized carbons (Fsp3) is 0.312. The molecule has 0 aromatic heterocycles. The standard InChI is InChI=1S/C16H20ClNO/c1-2-3-14-19-16-9-7-15(8-10-16)6-4-12-18-13-5-11-17/h2,4-7,9-12,15H,1,3,8,13-14H2/b6-4+,11-5+,18-12?. The lowest BCUT2D eigenvalue weighted by molar-refractivity contribution is 0.227. The van der Waals surface area contributed by atoms with Crippen molar-refractivity contribution in [3.8, 4) is 0 Å². The number of hydrogen-bond donors (Lipinski definition) is 0. The Bertz CT molecular complexity index is 405. The van der Waals surface area contributed by atoms with Gasteiger partial charge < -0.3 is 4.74 Å². The lowest BCUT2D eigenvalue weighted by atomic mass is 10.00. The van der Waals surface area contributed by atoms with Gasteiger partial charge in [0.05, 0.1) is 13.2 Å². The first-order chi connectivity index (χ1) is 9.36. The van der Waals surface area contributed by atoms with Crippen molar-refractivity contribution < 1.29 is 4.74 Å². The summed E-state index contributed by atoms with van der Waals surface area (Å²) in [5.74, 6) is 1.37. The topological polar surface area (TPSA) is 21.6 Å². The van der Waals surface area contributed by atoms with Gasteiger partial charge >= 0.3 is 0 Å². The van der Waals surface area contributed by atoms with Gasteiger partial charge in [-0.25, -0.2) is 0 Å². The van der Waals surface area contributed by atoms with Crippen LogP contribution in [0.15, 0.2) is 65.4 Å². The van der Waals surface area contributed by atoms with Crippen molar-refractivity contribution in [2.24, 2.45) is 10.9 Å². The minimum absolute atomic E-state index is 0.418. The summed E-state index contributed by atoms with van der Waals surface area (Å²) in [7, 11) is 0. The molecule has 0 saturated heterocycles. The zero-order valence-corrected chi connectivity index (χ0v) is 11.8. The van der Waals surface area contributed by atoms with Gasteiger partial charge in [0, 0.05) is 11.7 Å². The van der Waals surface area contributed by atoms with Crippen LogP contribution in [0.4, 0.5) is 0 Å². The summed E-state index contributed by atoms with van der Waals surface area (Å²) in [5.41, 5.74) is 1.48. The third kappa shape index (κ3) is 7.47. The van der Waals surface area contributed by atoms with Crippen molar-refractivity contribution in [3.63, 3.8) is 0 Å². The van der Waals surface area contributed by atoms with Crippen LogP contribution in [0.2, 0.25) is 0 Å². The number of hydrogen-bond acceptors (Lipinski definition) is 2. The van der Waals surface area contributed by atoms with Crippen LogP contribution in [0.25, 0.3) is 0 Å². The highest BCUT2D eigenvalue weighted by molar-refractivity contribution is 6.25. The lowest BCUT2D eigenvalue weighted by Crippen LogP contribution is -2.00. The maximum Gasteiger partial charge on any atom is 0.115 e. The summed E-state index contributed by atoms with van der Waals surface area (Å²) in [5, 5.41) is 0. The smallest absolute Gasteiger partial charge is 0.115 e. The number of ether oxygens (including phenoxy) is 1. The van der Waals surface area contributed by atoms with E-state index in [1.807, 2.05) is 18.2 Å². The summed E-state index contributed by atoms with van der Waals surface area (Å²) >= 11 is 5.39. The van der Waals surface area contributed by atoms with Gasteiger partial charge in [0.1, 0.15) is 5.76 Å². The van der Waals surface area contributed by atoms with E-state index in [2.05, 4.69) is 29.8 Å². The minimum atomic E-state index is 0.418. The monoisotopic (exact) mass is 277 g/mol. The van der Waals surface area contributed by atoms with E-state index in [0.717, 1.165) is 18.6 Å². The molecule has 0 fully saturated rings. The van der Waals surface area contributed by atoms with E-state index in [1.165, 1.54) is 5.54 Å². The normalized spacial score (nSPS) is 19.4. The molecule has 0 heterocycles. The quantitative estimate of drug-likeness (QED) is 0.366. The Hall–Kier alpha value is -1.54. The Kier molecular flexibility index (Phi) is 8.48. The van der Waals surface area contributed by atoms with Crippen LogP contribution < -0.4 is 0 Å². The molecular formula is C16H20ClNO. The predicted octanol–water partition coefficient (Wildman–Crippen LogP) is 4.42. The summed E-state index contributed by atoms with van der Waals surface area (Å²) in [4.78, 5) is 4.15. The van der Waals surface area contributed by atoms with Crippen LogP contribution in [-0.4, -0.2) is 19.4 Å². The highest BCUT2D eigenvalue weighted by Gasteiger charge is 2.05. The largest absolute Gasteiger partial charge is 0.494 e. The highest BCUT2D eigenvalue weighted by Crippen LogP contribution is 2.18. The summed E-state index contributed by atoms with van der Waals surface area (Å²) in [6.45, 7) is 4.98.